The van der Waals surface area contributed by atoms with E-state index in [0.29, 0.717) is 23.6 Å². The number of amides is 2. The van der Waals surface area contributed by atoms with Crippen LogP contribution in [0.1, 0.15) is 11.1 Å². The Hall–Kier alpha value is -3.96. The van der Waals surface area contributed by atoms with E-state index in [1.807, 2.05) is 5.06 Å². The highest BCUT2D eigenvalue weighted by atomic mass is 19.1. The lowest BCUT2D eigenvalue weighted by Gasteiger charge is -2.53. The topological polar surface area (TPSA) is 98.2 Å². The summed E-state index contributed by atoms with van der Waals surface area (Å²) in [7, 11) is 1.63. The van der Waals surface area contributed by atoms with Gasteiger partial charge in [-0.3, -0.25) is 4.79 Å². The summed E-state index contributed by atoms with van der Waals surface area (Å²) in [6.45, 7) is 3.11. The van der Waals surface area contributed by atoms with Crippen LogP contribution in [0.4, 0.5) is 14.9 Å². The molecule has 0 bridgehead atoms. The van der Waals surface area contributed by atoms with Crippen LogP contribution in [-0.2, 0) is 16.0 Å². The minimum Gasteiger partial charge on any atom is -0.489 e. The van der Waals surface area contributed by atoms with E-state index in [-0.39, 0.29) is 23.7 Å². The maximum Gasteiger partial charge on any atom is 0.342 e. The normalized spacial score (nSPS) is 20.3. The van der Waals surface area contributed by atoms with Gasteiger partial charge < -0.3 is 24.5 Å². The third-order valence-electron chi connectivity index (χ3n) is 6.84. The average Bonchev–Trinajstić information content (AvgIpc) is 3.26. The third-order valence-corrected chi connectivity index (χ3v) is 6.84. The van der Waals surface area contributed by atoms with Crippen LogP contribution in [0.3, 0.4) is 0 Å². The molecule has 1 N–H and O–H groups in total. The predicted molar refractivity (Wildman–Crippen MR) is 130 cm³/mol. The van der Waals surface area contributed by atoms with Gasteiger partial charge in [-0.2, -0.15) is 9.78 Å². The molecule has 2 amide bonds. The number of nitrogens with zero attached hydrogens (tertiary/aromatic N) is 4. The van der Waals surface area contributed by atoms with Crippen LogP contribution in [0.2, 0.25) is 0 Å². The van der Waals surface area contributed by atoms with Gasteiger partial charge in [0.1, 0.15) is 30.0 Å². The lowest BCUT2D eigenvalue weighted by atomic mass is 9.80. The van der Waals surface area contributed by atoms with Gasteiger partial charge in [0.2, 0.25) is 0 Å². The first-order valence-corrected chi connectivity index (χ1v) is 12.0. The molecule has 3 aromatic rings. The number of benzene rings is 2. The minimum atomic E-state index is -0.918. The molecule has 1 aromatic heterocycles. The Morgan fingerprint density at radius 3 is 2.81 bits per heavy atom. The number of hydrogen-bond donors (Lipinski definition) is 1. The molecule has 11 heteroatoms. The number of aromatic nitrogens is 2. The summed E-state index contributed by atoms with van der Waals surface area (Å²) in [4.78, 5) is 33.4. The van der Waals surface area contributed by atoms with Crippen molar-refractivity contribution in [2.45, 2.75) is 12.5 Å². The maximum atomic E-state index is 13.5. The zero-order valence-electron chi connectivity index (χ0n) is 20.2. The van der Waals surface area contributed by atoms with E-state index in [9.17, 15) is 14.0 Å². The number of halogens is 1. The van der Waals surface area contributed by atoms with Crippen LogP contribution < -0.4 is 19.8 Å². The summed E-state index contributed by atoms with van der Waals surface area (Å²) in [6, 6.07) is 10.1. The lowest BCUT2D eigenvalue weighted by Crippen LogP contribution is -2.66. The molecule has 6 rings (SSSR count). The zero-order valence-corrected chi connectivity index (χ0v) is 20.2. The summed E-state index contributed by atoms with van der Waals surface area (Å²) in [5.74, 6) is 0.466. The highest BCUT2D eigenvalue weighted by Gasteiger charge is 2.50. The van der Waals surface area contributed by atoms with Crippen molar-refractivity contribution in [3.05, 3.63) is 71.8 Å². The molecule has 0 saturated carbocycles. The van der Waals surface area contributed by atoms with E-state index < -0.39 is 12.1 Å². The number of carbonyl (C=O) groups is 2. The van der Waals surface area contributed by atoms with Crippen LogP contribution in [0, 0.1) is 11.2 Å². The van der Waals surface area contributed by atoms with Gasteiger partial charge in [0.25, 0.3) is 5.91 Å². The molecule has 3 aliphatic heterocycles. The molecule has 192 valence electrons. The highest BCUT2D eigenvalue weighted by molar-refractivity contribution is 6.00. The van der Waals surface area contributed by atoms with Gasteiger partial charge in [-0.15, -0.1) is 5.06 Å². The second kappa shape index (κ2) is 9.16. The first-order chi connectivity index (χ1) is 17.9. The van der Waals surface area contributed by atoms with Crippen LogP contribution in [-0.4, -0.2) is 72.8 Å². The number of nitrogens with one attached hydrogen (secondary N) is 1. The van der Waals surface area contributed by atoms with Crippen LogP contribution in [0.15, 0.2) is 54.9 Å². The fourth-order valence-corrected chi connectivity index (χ4v) is 4.79. The predicted octanol–water partition coefficient (Wildman–Crippen LogP) is 2.22. The van der Waals surface area contributed by atoms with E-state index in [1.54, 1.807) is 43.6 Å². The quantitative estimate of drug-likeness (QED) is 0.566. The number of ether oxygens (including phenoxy) is 2. The average molecular weight is 508 g/mol. The maximum absolute atomic E-state index is 13.5. The van der Waals surface area contributed by atoms with Crippen LogP contribution in [0.5, 0.6) is 11.5 Å². The van der Waals surface area contributed by atoms with Crippen molar-refractivity contribution < 1.29 is 28.3 Å². The van der Waals surface area contributed by atoms with Crippen molar-refractivity contribution in [2.24, 2.45) is 5.41 Å². The van der Waals surface area contributed by atoms with E-state index in [0.717, 1.165) is 42.1 Å². The molecule has 0 unspecified atom stereocenters. The number of likely N-dealkylation sites (N-methyl/N-ethyl adjacent to an activating group) is 1. The number of anilines is 1. The highest BCUT2D eigenvalue weighted by Crippen LogP contribution is 2.39. The van der Waals surface area contributed by atoms with Gasteiger partial charge in [-0.05, 0) is 35.4 Å². The second-order valence-electron chi connectivity index (χ2n) is 9.82. The summed E-state index contributed by atoms with van der Waals surface area (Å²) in [5.41, 5.74) is 2.28. The molecule has 2 aromatic carbocycles. The molecule has 0 aliphatic carbocycles. The van der Waals surface area contributed by atoms with E-state index in [2.05, 4.69) is 10.4 Å². The Kier molecular flexibility index (Phi) is 5.81. The van der Waals surface area contributed by atoms with Gasteiger partial charge in [0.05, 0.1) is 25.1 Å². The molecular weight excluding hydrogens is 481 g/mol. The Labute approximate surface area is 212 Å². The van der Waals surface area contributed by atoms with Crippen molar-refractivity contribution in [1.82, 2.24) is 20.2 Å². The number of rotatable bonds is 5. The third kappa shape index (κ3) is 4.63. The summed E-state index contributed by atoms with van der Waals surface area (Å²) < 4.78 is 25.7. The van der Waals surface area contributed by atoms with Gasteiger partial charge in [0, 0.05) is 44.2 Å². The largest absolute Gasteiger partial charge is 0.489 e. The summed E-state index contributed by atoms with van der Waals surface area (Å²) in [6.07, 6.45) is 3.52. The Morgan fingerprint density at radius 2 is 2.05 bits per heavy atom. The molecule has 2 saturated heterocycles. The second-order valence-corrected chi connectivity index (χ2v) is 9.82. The van der Waals surface area contributed by atoms with Crippen molar-refractivity contribution in [1.29, 1.82) is 0 Å². The minimum absolute atomic E-state index is 0.0336. The fourth-order valence-electron chi connectivity index (χ4n) is 4.79. The Balaban J connectivity index is 1.09. The van der Waals surface area contributed by atoms with Gasteiger partial charge >= 0.3 is 6.03 Å². The van der Waals surface area contributed by atoms with E-state index >= 15 is 0 Å². The van der Waals surface area contributed by atoms with E-state index in [4.69, 9.17) is 14.3 Å². The lowest BCUT2D eigenvalue weighted by molar-refractivity contribution is -0.265. The zero-order chi connectivity index (χ0) is 25.6. The van der Waals surface area contributed by atoms with E-state index in [1.165, 1.54) is 23.2 Å². The molecule has 3 aliphatic rings. The number of fused-ring (bicyclic) bond motifs is 1. The first-order valence-electron chi connectivity index (χ1n) is 12.0. The number of hydrogen-bond acceptors (Lipinski definition) is 7. The Bertz CT molecular complexity index is 1350. The van der Waals surface area contributed by atoms with Crippen LogP contribution >= 0.6 is 0 Å². The molecule has 2 fully saturated rings. The smallest absolute Gasteiger partial charge is 0.342 e. The number of hydroxylamine groups is 2. The van der Waals surface area contributed by atoms with Crippen molar-refractivity contribution >= 4 is 17.6 Å². The molecule has 0 radical (unpaired) electrons. The van der Waals surface area contributed by atoms with Crippen molar-refractivity contribution in [3.63, 3.8) is 0 Å². The molecule has 4 heterocycles. The summed E-state index contributed by atoms with van der Waals surface area (Å²) >= 11 is 0. The molecule has 10 nitrogen and oxygen atoms in total. The van der Waals surface area contributed by atoms with Crippen LogP contribution in [0.25, 0.3) is 0 Å². The first kappa shape index (κ1) is 23.4. The Morgan fingerprint density at radius 1 is 1.22 bits per heavy atom. The molecule has 37 heavy (non-hydrogen) atoms. The number of carbonyl (C=O) groups excluding carboxylic acids is 2. The van der Waals surface area contributed by atoms with Gasteiger partial charge in [0.15, 0.2) is 0 Å². The summed E-state index contributed by atoms with van der Waals surface area (Å²) in [5, 5.41) is 8.67. The monoisotopic (exact) mass is 507 g/mol. The van der Waals surface area contributed by atoms with Gasteiger partial charge in [-0.1, -0.05) is 12.1 Å². The molecular formula is C26H26FN5O5. The van der Waals surface area contributed by atoms with Crippen molar-refractivity contribution in [3.8, 4) is 11.5 Å². The van der Waals surface area contributed by atoms with Crippen molar-refractivity contribution in [2.75, 3.05) is 44.9 Å². The van der Waals surface area contributed by atoms with Gasteiger partial charge in [-0.25, -0.2) is 9.18 Å². The molecule has 1 atom stereocenters. The molecule has 1 spiro atoms. The fraction of sp³-hybridized carbons (Fsp3) is 0.346. The standard InChI is InChI=1S/C26H26FN5O5/c1-30-22-9-20(37-31-13-26(14-31)15-35-16-26)5-6-23(22)36-12-21(24(30)33)29-25(34)32-11-18(10-28-32)7-17-3-2-4-19(27)8-17/h2-6,8-11,21H,7,12-16H2,1H3,(H,29,34)/t21-/m0/s1. The SMILES string of the molecule is CN1C(=O)[C@@H](NC(=O)n2cc(Cc3cccc(F)c3)cn2)COc2ccc(ON3CC4(COC4)C3)cc21.